The lowest BCUT2D eigenvalue weighted by atomic mass is 9.91. The Morgan fingerprint density at radius 3 is 2.47 bits per heavy atom. The second-order valence-corrected chi connectivity index (χ2v) is 7.40. The van der Waals surface area contributed by atoms with Crippen LogP contribution in [-0.4, -0.2) is 22.2 Å². The molecule has 1 aromatic heterocycles. The van der Waals surface area contributed by atoms with E-state index in [0.29, 0.717) is 0 Å². The van der Waals surface area contributed by atoms with Gasteiger partial charge in [-0.25, -0.2) is 9.78 Å². The predicted octanol–water partition coefficient (Wildman–Crippen LogP) is 5.47. The van der Waals surface area contributed by atoms with E-state index < -0.39 is 17.7 Å². The molecule has 4 rings (SSSR count). The second kappa shape index (κ2) is 6.90. The first-order valence-electron chi connectivity index (χ1n) is 8.36. The fourth-order valence-electron chi connectivity index (χ4n) is 3.24. The molecule has 1 aliphatic heterocycles. The van der Waals surface area contributed by atoms with Crippen LogP contribution in [0.2, 0.25) is 10.0 Å². The van der Waals surface area contributed by atoms with Crippen LogP contribution in [0.5, 0.6) is 0 Å². The van der Waals surface area contributed by atoms with Crippen molar-refractivity contribution in [2.45, 2.75) is 18.7 Å². The number of alkyl halides is 3. The van der Waals surface area contributed by atoms with Gasteiger partial charge in [-0.3, -0.25) is 10.3 Å². The summed E-state index contributed by atoms with van der Waals surface area (Å²) in [7, 11) is 0. The molecule has 0 fully saturated rings. The SMILES string of the molecule is Cc1nc2c(C3=CC(c4cc(Cl)cc(Cl)c4)(C(F)(F)F)ON3)ccc(C(=O)O)c2o1. The number of halogens is 5. The van der Waals surface area contributed by atoms with Gasteiger partial charge in [0.2, 0.25) is 5.60 Å². The van der Waals surface area contributed by atoms with Crippen LogP contribution in [0.4, 0.5) is 13.2 Å². The summed E-state index contributed by atoms with van der Waals surface area (Å²) in [5.41, 5.74) is -0.973. The molecule has 0 radical (unpaired) electrons. The number of fused-ring (bicyclic) bond motifs is 1. The van der Waals surface area contributed by atoms with E-state index in [1.54, 1.807) is 0 Å². The molecule has 0 amide bonds. The first kappa shape index (κ1) is 20.5. The number of rotatable bonds is 3. The number of hydrogen-bond acceptors (Lipinski definition) is 5. The Kier molecular flexibility index (Phi) is 4.72. The monoisotopic (exact) mass is 458 g/mol. The Morgan fingerprint density at radius 1 is 1.20 bits per heavy atom. The summed E-state index contributed by atoms with van der Waals surface area (Å²) in [5, 5.41) is 9.34. The number of carbonyl (C=O) groups is 1. The van der Waals surface area contributed by atoms with Gasteiger partial charge in [0, 0.05) is 28.1 Å². The number of nitrogens with zero attached hydrogens (tertiary/aromatic N) is 1. The minimum absolute atomic E-state index is 0.00639. The molecule has 1 unspecified atom stereocenters. The zero-order valence-corrected chi connectivity index (χ0v) is 16.5. The topological polar surface area (TPSA) is 84.6 Å². The number of benzene rings is 2. The second-order valence-electron chi connectivity index (χ2n) is 6.53. The highest BCUT2D eigenvalue weighted by molar-refractivity contribution is 6.34. The van der Waals surface area contributed by atoms with Crippen molar-refractivity contribution in [2.75, 3.05) is 0 Å². The van der Waals surface area contributed by atoms with Gasteiger partial charge in [0.15, 0.2) is 11.5 Å². The lowest BCUT2D eigenvalue weighted by Crippen LogP contribution is -2.42. The molecule has 2 aromatic carbocycles. The molecule has 156 valence electrons. The van der Waals surface area contributed by atoms with Crippen molar-refractivity contribution in [3.8, 4) is 0 Å². The molecule has 2 heterocycles. The predicted molar refractivity (Wildman–Crippen MR) is 102 cm³/mol. The average Bonchev–Trinajstić information content (AvgIpc) is 3.23. The van der Waals surface area contributed by atoms with Crippen molar-refractivity contribution in [3.05, 3.63) is 69.0 Å². The van der Waals surface area contributed by atoms with Gasteiger partial charge in [-0.05, 0) is 36.4 Å². The number of aromatic carboxylic acids is 1. The minimum Gasteiger partial charge on any atom is -0.478 e. The summed E-state index contributed by atoms with van der Waals surface area (Å²) in [5.74, 6) is -1.10. The molecule has 0 bridgehead atoms. The summed E-state index contributed by atoms with van der Waals surface area (Å²) in [6.07, 6.45) is -4.05. The third-order valence-corrected chi connectivity index (χ3v) is 4.99. The summed E-state index contributed by atoms with van der Waals surface area (Å²) in [6.45, 7) is 1.50. The van der Waals surface area contributed by atoms with E-state index in [1.165, 1.54) is 25.1 Å². The maximum absolute atomic E-state index is 14.1. The Labute approximate surface area is 176 Å². The van der Waals surface area contributed by atoms with Crippen LogP contribution in [0.3, 0.4) is 0 Å². The molecule has 0 saturated carbocycles. The van der Waals surface area contributed by atoms with E-state index in [1.807, 2.05) is 0 Å². The molecule has 6 nitrogen and oxygen atoms in total. The Morgan fingerprint density at radius 2 is 1.87 bits per heavy atom. The highest BCUT2D eigenvalue weighted by atomic mass is 35.5. The zero-order chi connectivity index (χ0) is 21.8. The summed E-state index contributed by atoms with van der Waals surface area (Å²) < 4.78 is 47.8. The Hall–Kier alpha value is -2.75. The Balaban J connectivity index is 1.93. The van der Waals surface area contributed by atoms with Gasteiger partial charge in [0.25, 0.3) is 0 Å². The van der Waals surface area contributed by atoms with Gasteiger partial charge in [0.1, 0.15) is 11.1 Å². The van der Waals surface area contributed by atoms with E-state index in [-0.39, 0.29) is 49.4 Å². The lowest BCUT2D eigenvalue weighted by molar-refractivity contribution is -0.269. The quantitative estimate of drug-likeness (QED) is 0.540. The largest absolute Gasteiger partial charge is 0.478 e. The van der Waals surface area contributed by atoms with E-state index in [9.17, 15) is 23.1 Å². The van der Waals surface area contributed by atoms with E-state index in [0.717, 1.165) is 18.2 Å². The van der Waals surface area contributed by atoms with Gasteiger partial charge in [-0.2, -0.15) is 13.2 Å². The van der Waals surface area contributed by atoms with Crippen LogP contribution in [0, 0.1) is 6.92 Å². The summed E-state index contributed by atoms with van der Waals surface area (Å²) >= 11 is 11.8. The molecule has 11 heteroatoms. The first-order chi connectivity index (χ1) is 14.0. The molecule has 30 heavy (non-hydrogen) atoms. The number of aryl methyl sites for hydroxylation is 1. The molecular formula is C19H11Cl2F3N2O4. The minimum atomic E-state index is -4.88. The van der Waals surface area contributed by atoms with Crippen molar-refractivity contribution in [3.63, 3.8) is 0 Å². The van der Waals surface area contributed by atoms with Gasteiger partial charge >= 0.3 is 12.1 Å². The number of carboxylic acid groups (broad SMARTS) is 1. The number of hydrogen-bond donors (Lipinski definition) is 2. The smallest absolute Gasteiger partial charge is 0.428 e. The normalized spacial score (nSPS) is 19.1. The highest BCUT2D eigenvalue weighted by Gasteiger charge is 2.59. The van der Waals surface area contributed by atoms with Crippen LogP contribution in [0.15, 0.2) is 40.8 Å². The number of carboxylic acids is 1. The van der Waals surface area contributed by atoms with Crippen molar-refractivity contribution >= 4 is 46.0 Å². The van der Waals surface area contributed by atoms with Crippen LogP contribution in [0.25, 0.3) is 16.8 Å². The van der Waals surface area contributed by atoms with Gasteiger partial charge in [-0.1, -0.05) is 23.2 Å². The van der Waals surface area contributed by atoms with Crippen molar-refractivity contribution in [1.82, 2.24) is 10.5 Å². The molecule has 0 spiro atoms. The summed E-state index contributed by atoms with van der Waals surface area (Å²) in [4.78, 5) is 20.6. The van der Waals surface area contributed by atoms with Crippen LogP contribution in [-0.2, 0) is 10.4 Å². The van der Waals surface area contributed by atoms with Crippen molar-refractivity contribution in [2.24, 2.45) is 0 Å². The molecule has 1 aliphatic rings. The number of oxazole rings is 1. The van der Waals surface area contributed by atoms with E-state index in [2.05, 4.69) is 10.5 Å². The maximum Gasteiger partial charge on any atom is 0.428 e. The molecule has 2 N–H and O–H groups in total. The van der Waals surface area contributed by atoms with Crippen LogP contribution < -0.4 is 5.48 Å². The van der Waals surface area contributed by atoms with Crippen LogP contribution >= 0.6 is 23.2 Å². The van der Waals surface area contributed by atoms with Crippen molar-refractivity contribution in [1.29, 1.82) is 0 Å². The zero-order valence-electron chi connectivity index (χ0n) is 15.0. The molecular weight excluding hydrogens is 448 g/mol. The van der Waals surface area contributed by atoms with Gasteiger partial charge in [-0.15, -0.1) is 0 Å². The van der Waals surface area contributed by atoms with Crippen molar-refractivity contribution < 1.29 is 32.3 Å². The first-order valence-corrected chi connectivity index (χ1v) is 9.11. The molecule has 1 atom stereocenters. The molecule has 3 aromatic rings. The fraction of sp³-hybridized carbons (Fsp3) is 0.158. The summed E-state index contributed by atoms with van der Waals surface area (Å²) in [6, 6.07) is 6.05. The number of nitrogens with one attached hydrogen (secondary N) is 1. The number of hydroxylamine groups is 1. The van der Waals surface area contributed by atoms with E-state index in [4.69, 9.17) is 32.5 Å². The highest BCUT2D eigenvalue weighted by Crippen LogP contribution is 2.48. The third kappa shape index (κ3) is 3.19. The van der Waals surface area contributed by atoms with Crippen LogP contribution in [0.1, 0.15) is 27.4 Å². The van der Waals surface area contributed by atoms with Gasteiger partial charge < -0.3 is 9.52 Å². The lowest BCUT2D eigenvalue weighted by Gasteiger charge is -2.28. The van der Waals surface area contributed by atoms with Gasteiger partial charge in [0.05, 0.1) is 5.70 Å². The third-order valence-electron chi connectivity index (χ3n) is 4.55. The number of aromatic nitrogens is 1. The molecule has 0 saturated heterocycles. The maximum atomic E-state index is 14.1. The fourth-order valence-corrected chi connectivity index (χ4v) is 3.77. The Bertz CT molecular complexity index is 1200. The van der Waals surface area contributed by atoms with E-state index >= 15 is 0 Å². The average molecular weight is 459 g/mol. The standard InChI is InChI=1S/C19H11Cl2F3N2O4/c1-8-25-15-12(2-3-13(17(27)28)16(15)29-8)14-7-18(30-26-14,19(22,23)24)9-4-10(20)6-11(21)5-9/h2-7,26H,1H3,(H,27,28). The molecule has 0 aliphatic carbocycles.